The summed E-state index contributed by atoms with van der Waals surface area (Å²) in [5.74, 6) is 0.274. The van der Waals surface area contributed by atoms with E-state index in [1.54, 1.807) is 17.2 Å². The minimum atomic E-state index is -0.535. The van der Waals surface area contributed by atoms with E-state index in [2.05, 4.69) is 9.97 Å². The molecule has 2 aromatic heterocycles. The normalized spacial score (nSPS) is 18.2. The second-order valence-corrected chi connectivity index (χ2v) is 7.77. The third kappa shape index (κ3) is 3.86. The minimum Gasteiger partial charge on any atom is -0.444 e. The Morgan fingerprint density at radius 3 is 2.77 bits per heavy atom. The van der Waals surface area contributed by atoms with Gasteiger partial charge in [0, 0.05) is 26.2 Å². The van der Waals surface area contributed by atoms with Crippen LogP contribution in [0.4, 0.5) is 4.79 Å². The predicted octanol–water partition coefficient (Wildman–Crippen LogP) is 3.42. The molecule has 140 valence electrons. The molecule has 0 aromatic carbocycles. The first-order chi connectivity index (χ1) is 12.3. The van der Waals surface area contributed by atoms with E-state index in [0.29, 0.717) is 30.1 Å². The monoisotopic (exact) mass is 358 g/mol. The van der Waals surface area contributed by atoms with Gasteiger partial charge < -0.3 is 14.2 Å². The molecule has 3 heterocycles. The number of ketones is 1. The van der Waals surface area contributed by atoms with Crippen molar-refractivity contribution in [1.29, 1.82) is 0 Å². The highest BCUT2D eigenvalue weighted by molar-refractivity contribution is 5.94. The summed E-state index contributed by atoms with van der Waals surface area (Å²) in [5, 5.41) is 0. The molecule has 0 bridgehead atoms. The van der Waals surface area contributed by atoms with Crippen molar-refractivity contribution in [2.75, 3.05) is 6.54 Å². The van der Waals surface area contributed by atoms with E-state index in [1.807, 2.05) is 31.4 Å². The number of likely N-dealkylation sites (tertiary alicyclic amines) is 1. The van der Waals surface area contributed by atoms with Crippen LogP contribution in [0.15, 0.2) is 18.3 Å². The summed E-state index contributed by atoms with van der Waals surface area (Å²) >= 11 is 0. The van der Waals surface area contributed by atoms with Crippen LogP contribution in [0.5, 0.6) is 0 Å². The van der Waals surface area contributed by atoms with Gasteiger partial charge in [0.15, 0.2) is 17.3 Å². The molecule has 0 aliphatic carbocycles. The molecule has 1 fully saturated rings. The lowest BCUT2D eigenvalue weighted by atomic mass is 10.0. The maximum Gasteiger partial charge on any atom is 0.410 e. The number of ether oxygens (including phenoxy) is 1. The summed E-state index contributed by atoms with van der Waals surface area (Å²) in [6, 6.07) is 3.60. The van der Waals surface area contributed by atoms with Gasteiger partial charge in [-0.2, -0.15) is 0 Å². The Morgan fingerprint density at radius 2 is 2.08 bits per heavy atom. The van der Waals surface area contributed by atoms with Gasteiger partial charge in [-0.05, 0) is 52.2 Å². The molecule has 7 heteroatoms. The highest BCUT2D eigenvalue weighted by atomic mass is 16.6. The number of rotatable bonds is 3. The summed E-state index contributed by atoms with van der Waals surface area (Å²) in [7, 11) is 0. The number of Topliss-reactive ketones (excluding diaryl/α,β-unsaturated/α-hetero) is 1. The van der Waals surface area contributed by atoms with E-state index >= 15 is 0 Å². The Bertz CT molecular complexity index is 822. The van der Waals surface area contributed by atoms with Crippen molar-refractivity contribution < 1.29 is 14.3 Å². The topological polar surface area (TPSA) is 77.3 Å². The van der Waals surface area contributed by atoms with Gasteiger partial charge in [-0.25, -0.2) is 14.8 Å². The lowest BCUT2D eigenvalue weighted by molar-refractivity contribution is 0.00787. The van der Waals surface area contributed by atoms with E-state index in [4.69, 9.17) is 4.74 Å². The number of imidazole rings is 1. The van der Waals surface area contributed by atoms with Crippen molar-refractivity contribution in [3.63, 3.8) is 0 Å². The molecular formula is C19H26N4O3. The maximum absolute atomic E-state index is 12.6. The molecular weight excluding hydrogens is 332 g/mol. The molecule has 7 nitrogen and oxygen atoms in total. The van der Waals surface area contributed by atoms with Crippen molar-refractivity contribution >= 4 is 23.0 Å². The number of hydrogen-bond donors (Lipinski definition) is 0. The minimum absolute atomic E-state index is 0.0453. The van der Waals surface area contributed by atoms with Crippen LogP contribution in [0.1, 0.15) is 57.6 Å². The fourth-order valence-electron chi connectivity index (χ4n) is 3.36. The van der Waals surface area contributed by atoms with Gasteiger partial charge in [-0.15, -0.1) is 0 Å². The first-order valence-electron chi connectivity index (χ1n) is 9.08. The fourth-order valence-corrected chi connectivity index (χ4v) is 3.36. The zero-order valence-electron chi connectivity index (χ0n) is 15.9. The molecule has 2 aromatic rings. The number of hydrogen-bond acceptors (Lipinski definition) is 5. The number of fused-ring (bicyclic) bond motifs is 1. The van der Waals surface area contributed by atoms with Crippen LogP contribution in [0, 0.1) is 0 Å². The van der Waals surface area contributed by atoms with E-state index < -0.39 is 5.60 Å². The van der Waals surface area contributed by atoms with Crippen LogP contribution >= 0.6 is 0 Å². The van der Waals surface area contributed by atoms with Crippen LogP contribution in [0.25, 0.3) is 11.2 Å². The van der Waals surface area contributed by atoms with Crippen molar-refractivity contribution in [2.24, 2.45) is 0 Å². The van der Waals surface area contributed by atoms with Gasteiger partial charge in [0.25, 0.3) is 0 Å². The third-order valence-electron chi connectivity index (χ3n) is 4.47. The van der Waals surface area contributed by atoms with Crippen LogP contribution in [-0.2, 0) is 11.3 Å². The molecule has 1 saturated heterocycles. The second-order valence-electron chi connectivity index (χ2n) is 7.77. The molecule has 1 aliphatic heterocycles. The smallest absolute Gasteiger partial charge is 0.410 e. The Morgan fingerprint density at radius 1 is 1.31 bits per heavy atom. The highest BCUT2D eigenvalue weighted by Gasteiger charge is 2.32. The van der Waals surface area contributed by atoms with Crippen LogP contribution in [0.3, 0.4) is 0 Å². The Labute approximate surface area is 153 Å². The van der Waals surface area contributed by atoms with Crippen molar-refractivity contribution in [3.8, 4) is 0 Å². The molecule has 1 aliphatic rings. The van der Waals surface area contributed by atoms with E-state index in [9.17, 15) is 9.59 Å². The summed E-state index contributed by atoms with van der Waals surface area (Å²) in [5.41, 5.74) is 0.831. The lowest BCUT2D eigenvalue weighted by Gasteiger charge is -2.37. The van der Waals surface area contributed by atoms with E-state index in [0.717, 1.165) is 19.3 Å². The fraction of sp³-hybridized carbons (Fsp3) is 0.579. The number of nitrogens with zero attached hydrogens (tertiary/aromatic N) is 4. The van der Waals surface area contributed by atoms with Crippen molar-refractivity contribution in [2.45, 2.75) is 65.1 Å². The van der Waals surface area contributed by atoms with Gasteiger partial charge in [0.2, 0.25) is 0 Å². The standard InChI is InChI=1S/C19H26N4O3/c1-13(24)16-21-15-9-7-10-20-17(15)23(16)12-14-8-5-6-11-22(14)18(25)26-19(2,3)4/h7,9-10,14H,5-6,8,11-12H2,1-4H3/t14-/m1/s1. The van der Waals surface area contributed by atoms with Gasteiger partial charge in [-0.3, -0.25) is 4.79 Å². The molecule has 0 N–H and O–H groups in total. The van der Waals surface area contributed by atoms with Crippen LogP contribution in [-0.4, -0.2) is 49.5 Å². The molecule has 0 saturated carbocycles. The van der Waals surface area contributed by atoms with E-state index in [1.165, 1.54) is 6.92 Å². The Kier molecular flexibility index (Phi) is 4.98. The number of carbonyl (C=O) groups excluding carboxylic acids is 2. The SMILES string of the molecule is CC(=O)c1nc2cccnc2n1C[C@H]1CCCCN1C(=O)OC(C)(C)C. The largest absolute Gasteiger partial charge is 0.444 e. The van der Waals surface area contributed by atoms with Gasteiger partial charge in [-0.1, -0.05) is 0 Å². The zero-order valence-corrected chi connectivity index (χ0v) is 15.9. The molecule has 1 amide bonds. The van der Waals surface area contributed by atoms with Crippen LogP contribution in [0.2, 0.25) is 0 Å². The number of amides is 1. The molecule has 3 rings (SSSR count). The summed E-state index contributed by atoms with van der Waals surface area (Å²) in [6.07, 6.45) is 4.25. The third-order valence-corrected chi connectivity index (χ3v) is 4.47. The molecule has 0 spiro atoms. The maximum atomic E-state index is 12.6. The number of carbonyl (C=O) groups is 2. The summed E-state index contributed by atoms with van der Waals surface area (Å²) < 4.78 is 7.41. The molecule has 0 unspecified atom stereocenters. The van der Waals surface area contributed by atoms with Gasteiger partial charge >= 0.3 is 6.09 Å². The number of aromatic nitrogens is 3. The summed E-state index contributed by atoms with van der Waals surface area (Å²) in [6.45, 7) is 8.25. The van der Waals surface area contributed by atoms with Crippen LogP contribution < -0.4 is 0 Å². The Hall–Kier alpha value is -2.44. The average molecular weight is 358 g/mol. The lowest BCUT2D eigenvalue weighted by Crippen LogP contribution is -2.48. The second kappa shape index (κ2) is 7.05. The quantitative estimate of drug-likeness (QED) is 0.786. The average Bonchev–Trinajstić information content (AvgIpc) is 2.93. The number of piperidine rings is 1. The zero-order chi connectivity index (χ0) is 18.9. The first kappa shape index (κ1) is 18.4. The highest BCUT2D eigenvalue weighted by Crippen LogP contribution is 2.24. The first-order valence-corrected chi connectivity index (χ1v) is 9.08. The Balaban J connectivity index is 1.91. The molecule has 26 heavy (non-hydrogen) atoms. The van der Waals surface area contributed by atoms with Gasteiger partial charge in [0.05, 0.1) is 6.04 Å². The predicted molar refractivity (Wildman–Crippen MR) is 98.1 cm³/mol. The number of pyridine rings is 1. The molecule has 1 atom stereocenters. The van der Waals surface area contributed by atoms with Crippen molar-refractivity contribution in [3.05, 3.63) is 24.2 Å². The molecule has 0 radical (unpaired) electrons. The summed E-state index contributed by atoms with van der Waals surface area (Å²) in [4.78, 5) is 35.3. The van der Waals surface area contributed by atoms with E-state index in [-0.39, 0.29) is 17.9 Å². The van der Waals surface area contributed by atoms with Gasteiger partial charge in [0.1, 0.15) is 11.1 Å². The van der Waals surface area contributed by atoms with Crippen molar-refractivity contribution in [1.82, 2.24) is 19.4 Å².